The zero-order valence-electron chi connectivity index (χ0n) is 4.13. The van der Waals surface area contributed by atoms with E-state index in [1.54, 1.807) is 5.48 Å². The third-order valence-corrected chi connectivity index (χ3v) is 0.353. The maximum absolute atomic E-state index is 9.56. The molecule has 0 aromatic rings. The molecule has 0 aliphatic heterocycles. The van der Waals surface area contributed by atoms with Crippen LogP contribution in [-0.2, 0) is 4.84 Å². The number of hydrogen-bond donors (Lipinski definition) is 3. The predicted octanol–water partition coefficient (Wildman–Crippen LogP) is -0.822. The minimum Gasteiger partial charge on any atom is -0.464 e. The molecule has 5 nitrogen and oxygen atoms in total. The van der Waals surface area contributed by atoms with E-state index in [-0.39, 0.29) is 13.2 Å². The van der Waals surface area contributed by atoms with Gasteiger partial charge in [0.1, 0.15) is 0 Å². The van der Waals surface area contributed by atoms with E-state index in [0.717, 1.165) is 0 Å². The van der Waals surface area contributed by atoms with Crippen molar-refractivity contribution in [2.45, 2.75) is 0 Å². The first-order valence-electron chi connectivity index (χ1n) is 1.99. The Morgan fingerprint density at radius 2 is 2.38 bits per heavy atom. The van der Waals surface area contributed by atoms with Gasteiger partial charge in [0.2, 0.25) is 0 Å². The molecule has 0 fully saturated rings. The molecular formula is C3H7NO4. The van der Waals surface area contributed by atoms with Crippen LogP contribution in [0.2, 0.25) is 0 Å². The smallest absolute Gasteiger partial charge is 0.428 e. The summed E-state index contributed by atoms with van der Waals surface area (Å²) in [5.41, 5.74) is 1.60. The van der Waals surface area contributed by atoms with Crippen LogP contribution in [0.4, 0.5) is 4.79 Å². The molecule has 0 radical (unpaired) electrons. The summed E-state index contributed by atoms with van der Waals surface area (Å²) in [7, 11) is 0. The fraction of sp³-hybridized carbons (Fsp3) is 0.667. The van der Waals surface area contributed by atoms with Gasteiger partial charge in [-0.2, -0.15) is 5.48 Å². The first-order valence-corrected chi connectivity index (χ1v) is 1.99. The molecule has 0 unspecified atom stereocenters. The van der Waals surface area contributed by atoms with Crippen LogP contribution in [0.5, 0.6) is 0 Å². The van der Waals surface area contributed by atoms with Crippen LogP contribution >= 0.6 is 0 Å². The Bertz CT molecular complexity index is 73.7. The summed E-state index contributed by atoms with van der Waals surface area (Å²) in [6.45, 7) is -0.216. The van der Waals surface area contributed by atoms with Crippen molar-refractivity contribution in [3.8, 4) is 0 Å². The minimum absolute atomic E-state index is 0.0215. The second kappa shape index (κ2) is 4.35. The standard InChI is InChI=1S/C3H7NO4/c5-1-2-8-4-3(6)7/h4-5H,1-2H2,(H,6,7). The third kappa shape index (κ3) is 5.19. The van der Waals surface area contributed by atoms with Crippen molar-refractivity contribution < 1.29 is 19.8 Å². The van der Waals surface area contributed by atoms with Crippen molar-refractivity contribution in [2.75, 3.05) is 13.2 Å². The van der Waals surface area contributed by atoms with Gasteiger partial charge in [-0.1, -0.05) is 0 Å². The van der Waals surface area contributed by atoms with Crippen LogP contribution in [0.15, 0.2) is 0 Å². The molecule has 48 valence electrons. The van der Waals surface area contributed by atoms with Crippen molar-refractivity contribution in [1.82, 2.24) is 5.48 Å². The van der Waals surface area contributed by atoms with Crippen LogP contribution in [-0.4, -0.2) is 29.5 Å². The van der Waals surface area contributed by atoms with Crippen molar-refractivity contribution in [1.29, 1.82) is 0 Å². The fourth-order valence-electron chi connectivity index (χ4n) is 0.158. The lowest BCUT2D eigenvalue weighted by molar-refractivity contribution is 0.0222. The first kappa shape index (κ1) is 7.19. The van der Waals surface area contributed by atoms with Gasteiger partial charge in [-0.05, 0) is 0 Å². The van der Waals surface area contributed by atoms with E-state index >= 15 is 0 Å². The third-order valence-electron chi connectivity index (χ3n) is 0.353. The number of aliphatic hydroxyl groups is 1. The SMILES string of the molecule is O=C(O)NOCCO. The minimum atomic E-state index is -1.27. The van der Waals surface area contributed by atoms with Crippen molar-refractivity contribution in [3.05, 3.63) is 0 Å². The summed E-state index contributed by atoms with van der Waals surface area (Å²) in [5.74, 6) is 0. The lowest BCUT2D eigenvalue weighted by Crippen LogP contribution is -2.22. The maximum Gasteiger partial charge on any atom is 0.428 e. The normalized spacial score (nSPS) is 8.62. The van der Waals surface area contributed by atoms with E-state index in [2.05, 4.69) is 4.84 Å². The van der Waals surface area contributed by atoms with Crippen molar-refractivity contribution in [3.63, 3.8) is 0 Å². The van der Waals surface area contributed by atoms with E-state index in [9.17, 15) is 4.79 Å². The van der Waals surface area contributed by atoms with Gasteiger partial charge in [0.15, 0.2) is 0 Å². The van der Waals surface area contributed by atoms with Gasteiger partial charge in [-0.15, -0.1) is 0 Å². The van der Waals surface area contributed by atoms with Crippen LogP contribution in [0, 0.1) is 0 Å². The maximum atomic E-state index is 9.56. The van der Waals surface area contributed by atoms with E-state index in [4.69, 9.17) is 10.2 Å². The number of amides is 1. The first-order chi connectivity index (χ1) is 3.77. The van der Waals surface area contributed by atoms with E-state index in [1.807, 2.05) is 0 Å². The topological polar surface area (TPSA) is 78.8 Å². The molecule has 5 heteroatoms. The van der Waals surface area contributed by atoms with Gasteiger partial charge < -0.3 is 10.2 Å². The molecule has 0 aromatic heterocycles. The summed E-state index contributed by atoms with van der Waals surface area (Å²) < 4.78 is 0. The Balaban J connectivity index is 2.82. The van der Waals surface area contributed by atoms with Crippen LogP contribution in [0.1, 0.15) is 0 Å². The quantitative estimate of drug-likeness (QED) is 0.336. The average molecular weight is 121 g/mol. The molecule has 0 aromatic carbocycles. The van der Waals surface area contributed by atoms with Gasteiger partial charge >= 0.3 is 6.09 Å². The highest BCUT2D eigenvalue weighted by Crippen LogP contribution is 1.64. The molecule has 0 aliphatic carbocycles. The van der Waals surface area contributed by atoms with Gasteiger partial charge in [0.05, 0.1) is 13.2 Å². The summed E-state index contributed by atoms with van der Waals surface area (Å²) in [6.07, 6.45) is -1.27. The molecule has 3 N–H and O–H groups in total. The van der Waals surface area contributed by atoms with E-state index in [0.29, 0.717) is 0 Å². The van der Waals surface area contributed by atoms with E-state index in [1.165, 1.54) is 0 Å². The van der Waals surface area contributed by atoms with Crippen LogP contribution < -0.4 is 5.48 Å². The summed E-state index contributed by atoms with van der Waals surface area (Å²) in [4.78, 5) is 13.7. The Morgan fingerprint density at radius 3 is 2.75 bits per heavy atom. The number of carboxylic acid groups (broad SMARTS) is 1. The largest absolute Gasteiger partial charge is 0.464 e. The zero-order valence-corrected chi connectivity index (χ0v) is 4.13. The predicted molar refractivity (Wildman–Crippen MR) is 24.2 cm³/mol. The number of rotatable bonds is 3. The highest BCUT2D eigenvalue weighted by atomic mass is 16.7. The Morgan fingerprint density at radius 1 is 1.75 bits per heavy atom. The summed E-state index contributed by atoms with van der Waals surface area (Å²) in [6, 6.07) is 0. The molecule has 0 bridgehead atoms. The molecule has 0 spiro atoms. The lowest BCUT2D eigenvalue weighted by Gasteiger charge is -1.96. The highest BCUT2D eigenvalue weighted by molar-refractivity contribution is 5.62. The molecule has 0 rings (SSSR count). The molecule has 8 heavy (non-hydrogen) atoms. The highest BCUT2D eigenvalue weighted by Gasteiger charge is 1.89. The van der Waals surface area contributed by atoms with Crippen LogP contribution in [0.25, 0.3) is 0 Å². The molecule has 0 aliphatic rings. The fourth-order valence-corrected chi connectivity index (χ4v) is 0.158. The Labute approximate surface area is 45.8 Å². The number of hydrogen-bond acceptors (Lipinski definition) is 3. The van der Waals surface area contributed by atoms with Crippen LogP contribution in [0.3, 0.4) is 0 Å². The Kier molecular flexibility index (Phi) is 3.91. The number of nitrogens with one attached hydrogen (secondary N) is 1. The molecule has 0 atom stereocenters. The van der Waals surface area contributed by atoms with Gasteiger partial charge in [0, 0.05) is 0 Å². The lowest BCUT2D eigenvalue weighted by atomic mass is 10.8. The Hall–Kier alpha value is -0.810. The second-order valence-corrected chi connectivity index (χ2v) is 0.979. The number of carbonyl (C=O) groups is 1. The van der Waals surface area contributed by atoms with Crippen molar-refractivity contribution in [2.24, 2.45) is 0 Å². The monoisotopic (exact) mass is 121 g/mol. The second-order valence-electron chi connectivity index (χ2n) is 0.979. The van der Waals surface area contributed by atoms with E-state index < -0.39 is 6.09 Å². The zero-order chi connectivity index (χ0) is 6.41. The van der Waals surface area contributed by atoms with Gasteiger partial charge in [-0.25, -0.2) is 4.79 Å². The summed E-state index contributed by atoms with van der Waals surface area (Å²) >= 11 is 0. The molecular weight excluding hydrogens is 114 g/mol. The average Bonchev–Trinajstić information content (AvgIpc) is 1.66. The van der Waals surface area contributed by atoms with Gasteiger partial charge in [0.25, 0.3) is 0 Å². The van der Waals surface area contributed by atoms with Gasteiger partial charge in [-0.3, -0.25) is 4.84 Å². The molecule has 0 heterocycles. The molecule has 1 amide bonds. The number of aliphatic hydroxyl groups excluding tert-OH is 1. The molecule has 0 saturated heterocycles. The summed E-state index contributed by atoms with van der Waals surface area (Å²) in [5, 5.41) is 15.8. The molecule has 0 saturated carbocycles. The number of hydroxylamine groups is 1. The van der Waals surface area contributed by atoms with Crippen molar-refractivity contribution >= 4 is 6.09 Å².